The van der Waals surface area contributed by atoms with E-state index in [2.05, 4.69) is 5.32 Å². The van der Waals surface area contributed by atoms with Crippen LogP contribution in [0.2, 0.25) is 0 Å². The molecule has 0 radical (unpaired) electrons. The molecule has 0 aliphatic heterocycles. The number of fused-ring (bicyclic) bond motifs is 1. The Balaban J connectivity index is 1.92. The number of anilines is 1. The fourth-order valence-corrected chi connectivity index (χ4v) is 4.71. The smallest absolute Gasteiger partial charge is 0.264 e. The van der Waals surface area contributed by atoms with Crippen molar-refractivity contribution >= 4 is 43.0 Å². The second-order valence-corrected chi connectivity index (χ2v) is 9.07. The zero-order valence-electron chi connectivity index (χ0n) is 14.9. The summed E-state index contributed by atoms with van der Waals surface area (Å²) in [5, 5.41) is 3.62. The summed E-state index contributed by atoms with van der Waals surface area (Å²) in [5.74, 6) is -0.628. The van der Waals surface area contributed by atoms with Crippen LogP contribution in [0.4, 0.5) is 10.1 Å². The number of nitrogens with one attached hydrogen (secondary N) is 1. The van der Waals surface area contributed by atoms with Gasteiger partial charge in [0.2, 0.25) is 0 Å². The summed E-state index contributed by atoms with van der Waals surface area (Å²) < 4.78 is 40.6. The maximum atomic E-state index is 13.1. The SMILES string of the molecule is CCCNC(=O)c1cc2cc(N(C)S(=O)(=O)c3ccc(F)cc3)ccc2s1. The van der Waals surface area contributed by atoms with Gasteiger partial charge in [-0.05, 0) is 60.3 Å². The molecule has 0 saturated heterocycles. The highest BCUT2D eigenvalue weighted by Crippen LogP contribution is 2.31. The minimum Gasteiger partial charge on any atom is -0.351 e. The van der Waals surface area contributed by atoms with Crippen molar-refractivity contribution in [2.45, 2.75) is 18.2 Å². The van der Waals surface area contributed by atoms with Crippen molar-refractivity contribution in [1.29, 1.82) is 0 Å². The van der Waals surface area contributed by atoms with E-state index in [1.807, 2.05) is 6.92 Å². The number of rotatable bonds is 6. The maximum absolute atomic E-state index is 13.1. The average Bonchev–Trinajstić information content (AvgIpc) is 3.09. The lowest BCUT2D eigenvalue weighted by molar-refractivity contribution is 0.0957. The third kappa shape index (κ3) is 3.96. The predicted molar refractivity (Wildman–Crippen MR) is 106 cm³/mol. The number of carbonyl (C=O) groups excluding carboxylic acids is 1. The average molecular weight is 407 g/mol. The van der Waals surface area contributed by atoms with Gasteiger partial charge in [0.15, 0.2) is 0 Å². The molecule has 1 aromatic heterocycles. The van der Waals surface area contributed by atoms with Crippen molar-refractivity contribution in [3.8, 4) is 0 Å². The van der Waals surface area contributed by atoms with E-state index in [1.165, 1.54) is 30.5 Å². The Morgan fingerprint density at radius 3 is 2.52 bits per heavy atom. The van der Waals surface area contributed by atoms with Gasteiger partial charge in [-0.1, -0.05) is 6.92 Å². The molecule has 1 N–H and O–H groups in total. The van der Waals surface area contributed by atoms with Gasteiger partial charge in [-0.3, -0.25) is 9.10 Å². The van der Waals surface area contributed by atoms with E-state index in [4.69, 9.17) is 0 Å². The molecule has 0 saturated carbocycles. The molecule has 1 heterocycles. The van der Waals surface area contributed by atoms with Crippen molar-refractivity contribution in [1.82, 2.24) is 5.32 Å². The molecule has 0 aliphatic rings. The van der Waals surface area contributed by atoms with Crippen LogP contribution in [0.15, 0.2) is 53.4 Å². The van der Waals surface area contributed by atoms with E-state index in [0.29, 0.717) is 17.1 Å². The molecule has 1 amide bonds. The third-order valence-electron chi connectivity index (χ3n) is 4.09. The van der Waals surface area contributed by atoms with E-state index in [1.54, 1.807) is 24.3 Å². The summed E-state index contributed by atoms with van der Waals surface area (Å²) in [6.07, 6.45) is 0.854. The van der Waals surface area contributed by atoms with Crippen LogP contribution in [-0.2, 0) is 10.0 Å². The molecule has 3 aromatic rings. The van der Waals surface area contributed by atoms with Gasteiger partial charge in [-0.15, -0.1) is 11.3 Å². The van der Waals surface area contributed by atoms with E-state index < -0.39 is 15.8 Å². The minimum absolute atomic E-state index is 0.0106. The molecular formula is C19H19FN2O3S2. The number of hydrogen-bond acceptors (Lipinski definition) is 4. The second kappa shape index (κ2) is 7.66. The molecule has 8 heteroatoms. The first-order valence-electron chi connectivity index (χ1n) is 8.39. The number of nitrogens with zero attached hydrogens (tertiary/aromatic N) is 1. The van der Waals surface area contributed by atoms with E-state index in [-0.39, 0.29) is 10.8 Å². The molecule has 0 bridgehead atoms. The van der Waals surface area contributed by atoms with Crippen LogP contribution in [0.25, 0.3) is 10.1 Å². The first-order chi connectivity index (χ1) is 12.8. The summed E-state index contributed by atoms with van der Waals surface area (Å²) in [6, 6.07) is 11.7. The number of thiophene rings is 1. The standard InChI is InChI=1S/C19H19FN2O3S2/c1-3-10-21-19(23)18-12-13-11-15(6-9-17(13)26-18)22(2)27(24,25)16-7-4-14(20)5-8-16/h4-9,11-12H,3,10H2,1-2H3,(H,21,23). The number of amides is 1. The number of halogens is 1. The molecule has 2 aromatic carbocycles. The molecule has 27 heavy (non-hydrogen) atoms. The number of carbonyl (C=O) groups is 1. The zero-order chi connectivity index (χ0) is 19.6. The third-order valence-corrected chi connectivity index (χ3v) is 7.01. The Morgan fingerprint density at radius 2 is 1.85 bits per heavy atom. The zero-order valence-corrected chi connectivity index (χ0v) is 16.5. The fraction of sp³-hybridized carbons (Fsp3) is 0.211. The molecule has 0 unspecified atom stereocenters. The van der Waals surface area contributed by atoms with Gasteiger partial charge >= 0.3 is 0 Å². The van der Waals surface area contributed by atoms with Gasteiger partial charge < -0.3 is 5.32 Å². The molecular weight excluding hydrogens is 387 g/mol. The monoisotopic (exact) mass is 406 g/mol. The molecule has 0 fully saturated rings. The van der Waals surface area contributed by atoms with Crippen molar-refractivity contribution in [3.63, 3.8) is 0 Å². The Labute approximate surface area is 161 Å². The lowest BCUT2D eigenvalue weighted by Gasteiger charge is -2.19. The van der Waals surface area contributed by atoms with Crippen molar-refractivity contribution in [2.24, 2.45) is 0 Å². The molecule has 142 valence electrons. The lowest BCUT2D eigenvalue weighted by Crippen LogP contribution is -2.26. The topological polar surface area (TPSA) is 66.5 Å². The largest absolute Gasteiger partial charge is 0.351 e. The normalized spacial score (nSPS) is 11.5. The van der Waals surface area contributed by atoms with Crippen LogP contribution >= 0.6 is 11.3 Å². The maximum Gasteiger partial charge on any atom is 0.264 e. The highest BCUT2D eigenvalue weighted by molar-refractivity contribution is 7.92. The summed E-state index contributed by atoms with van der Waals surface area (Å²) in [4.78, 5) is 12.7. The number of sulfonamides is 1. The quantitative estimate of drug-likeness (QED) is 0.673. The van der Waals surface area contributed by atoms with Gasteiger partial charge in [0.05, 0.1) is 15.5 Å². The molecule has 0 aliphatic carbocycles. The molecule has 3 rings (SSSR count). The van der Waals surface area contributed by atoms with Crippen LogP contribution in [0.1, 0.15) is 23.0 Å². The summed E-state index contributed by atoms with van der Waals surface area (Å²) in [7, 11) is -2.36. The van der Waals surface area contributed by atoms with E-state index in [0.717, 1.165) is 32.9 Å². The first-order valence-corrected chi connectivity index (χ1v) is 10.6. The Hall–Kier alpha value is -2.45. The summed E-state index contributed by atoms with van der Waals surface area (Å²) >= 11 is 1.36. The summed E-state index contributed by atoms with van der Waals surface area (Å²) in [6.45, 7) is 2.59. The van der Waals surface area contributed by atoms with Gasteiger partial charge in [-0.2, -0.15) is 0 Å². The highest BCUT2D eigenvalue weighted by Gasteiger charge is 2.22. The van der Waals surface area contributed by atoms with Crippen LogP contribution in [0, 0.1) is 5.82 Å². The van der Waals surface area contributed by atoms with Crippen molar-refractivity contribution < 1.29 is 17.6 Å². The van der Waals surface area contributed by atoms with Crippen LogP contribution < -0.4 is 9.62 Å². The molecule has 0 atom stereocenters. The first kappa shape index (κ1) is 19.3. The number of benzene rings is 2. The Bertz CT molecular complexity index is 1080. The molecule has 0 spiro atoms. The van der Waals surface area contributed by atoms with Crippen LogP contribution in [0.5, 0.6) is 0 Å². The van der Waals surface area contributed by atoms with Gasteiger partial charge in [0.25, 0.3) is 15.9 Å². The minimum atomic E-state index is -3.81. The highest BCUT2D eigenvalue weighted by atomic mass is 32.2. The Kier molecular flexibility index (Phi) is 5.48. The molecule has 5 nitrogen and oxygen atoms in total. The van der Waals surface area contributed by atoms with Gasteiger partial charge in [-0.25, -0.2) is 12.8 Å². The van der Waals surface area contributed by atoms with Crippen LogP contribution in [0.3, 0.4) is 0 Å². The van der Waals surface area contributed by atoms with E-state index >= 15 is 0 Å². The van der Waals surface area contributed by atoms with Crippen LogP contribution in [-0.4, -0.2) is 27.9 Å². The predicted octanol–water partition coefficient (Wildman–Crippen LogP) is 4.01. The van der Waals surface area contributed by atoms with Gasteiger partial charge in [0, 0.05) is 18.3 Å². The van der Waals surface area contributed by atoms with Crippen molar-refractivity contribution in [2.75, 3.05) is 17.9 Å². The van der Waals surface area contributed by atoms with Crippen molar-refractivity contribution in [3.05, 3.63) is 59.2 Å². The fourth-order valence-electron chi connectivity index (χ4n) is 2.57. The van der Waals surface area contributed by atoms with Gasteiger partial charge in [0.1, 0.15) is 5.82 Å². The second-order valence-electron chi connectivity index (χ2n) is 6.02. The Morgan fingerprint density at radius 1 is 1.15 bits per heavy atom. The summed E-state index contributed by atoms with van der Waals surface area (Å²) in [5.41, 5.74) is 0.463. The number of hydrogen-bond donors (Lipinski definition) is 1. The lowest BCUT2D eigenvalue weighted by atomic mass is 10.2. The van der Waals surface area contributed by atoms with E-state index in [9.17, 15) is 17.6 Å².